The maximum atomic E-state index is 11.9. The Kier molecular flexibility index (Phi) is 6.28. The lowest BCUT2D eigenvalue weighted by molar-refractivity contribution is 0.0904. The van der Waals surface area contributed by atoms with Crippen molar-refractivity contribution in [3.05, 3.63) is 18.0 Å². The first kappa shape index (κ1) is 14.6. The van der Waals surface area contributed by atoms with Crippen LogP contribution < -0.4 is 11.1 Å². The number of nitrogens with two attached hydrogens (primary N) is 1. The molecule has 1 rings (SSSR count). The number of hydrogen-bond donors (Lipinski definition) is 2. The van der Waals surface area contributed by atoms with Crippen LogP contribution in [0.3, 0.4) is 0 Å². The molecule has 0 radical (unpaired) electrons. The van der Waals surface area contributed by atoms with Gasteiger partial charge < -0.3 is 20.4 Å². The Morgan fingerprint density at radius 1 is 1.44 bits per heavy atom. The van der Waals surface area contributed by atoms with Gasteiger partial charge in [-0.05, 0) is 19.4 Å². The zero-order valence-corrected chi connectivity index (χ0v) is 11.2. The fraction of sp³-hybridized carbons (Fsp3) is 0.615. The van der Waals surface area contributed by atoms with E-state index in [-0.39, 0.29) is 5.91 Å². The maximum Gasteiger partial charge on any atom is 0.268 e. The summed E-state index contributed by atoms with van der Waals surface area (Å²) in [6.07, 6.45) is 3.95. The molecular formula is C13H23N3O2. The third-order valence-electron chi connectivity index (χ3n) is 2.67. The number of carbonyl (C=O) groups excluding carboxylic acids is 1. The molecule has 0 aliphatic heterocycles. The molecule has 1 aromatic heterocycles. The van der Waals surface area contributed by atoms with Crippen LogP contribution in [0.1, 0.15) is 37.2 Å². The van der Waals surface area contributed by atoms with Crippen LogP contribution in [-0.2, 0) is 11.3 Å². The van der Waals surface area contributed by atoms with Crippen LogP contribution in [0.4, 0.5) is 5.69 Å². The summed E-state index contributed by atoms with van der Waals surface area (Å²) in [5, 5.41) is 2.82. The number of ether oxygens (including phenoxy) is 1. The van der Waals surface area contributed by atoms with Crippen LogP contribution in [0.2, 0.25) is 0 Å². The molecule has 0 bridgehead atoms. The van der Waals surface area contributed by atoms with E-state index in [9.17, 15) is 4.79 Å². The third kappa shape index (κ3) is 4.41. The SMILES string of the molecule is CCCCOCCNC(=O)c1cc(N)cn1CC. The van der Waals surface area contributed by atoms with Gasteiger partial charge in [-0.25, -0.2) is 0 Å². The number of hydrogen-bond acceptors (Lipinski definition) is 3. The molecule has 0 spiro atoms. The molecule has 102 valence electrons. The average molecular weight is 253 g/mol. The van der Waals surface area contributed by atoms with Gasteiger partial charge >= 0.3 is 0 Å². The summed E-state index contributed by atoms with van der Waals surface area (Å²) in [6, 6.07) is 1.69. The number of rotatable bonds is 8. The van der Waals surface area contributed by atoms with Crippen LogP contribution in [0.5, 0.6) is 0 Å². The monoisotopic (exact) mass is 253 g/mol. The molecule has 0 aromatic carbocycles. The summed E-state index contributed by atoms with van der Waals surface area (Å²) in [5.41, 5.74) is 6.89. The largest absolute Gasteiger partial charge is 0.397 e. The second-order valence-electron chi connectivity index (χ2n) is 4.17. The Morgan fingerprint density at radius 2 is 2.22 bits per heavy atom. The van der Waals surface area contributed by atoms with E-state index < -0.39 is 0 Å². The van der Waals surface area contributed by atoms with Crippen molar-refractivity contribution in [3.8, 4) is 0 Å². The highest BCUT2D eigenvalue weighted by Crippen LogP contribution is 2.10. The van der Waals surface area contributed by atoms with Gasteiger partial charge in [-0.1, -0.05) is 13.3 Å². The number of nitrogen functional groups attached to an aromatic ring is 1. The molecule has 3 N–H and O–H groups in total. The minimum Gasteiger partial charge on any atom is -0.397 e. The highest BCUT2D eigenvalue weighted by molar-refractivity contribution is 5.93. The number of nitrogens with one attached hydrogen (secondary N) is 1. The van der Waals surface area contributed by atoms with E-state index in [4.69, 9.17) is 10.5 Å². The molecule has 0 fully saturated rings. The lowest BCUT2D eigenvalue weighted by atomic mass is 10.3. The van der Waals surface area contributed by atoms with Crippen molar-refractivity contribution in [2.45, 2.75) is 33.2 Å². The van der Waals surface area contributed by atoms with Crippen LogP contribution in [0, 0.1) is 0 Å². The molecule has 1 aromatic rings. The average Bonchev–Trinajstić information content (AvgIpc) is 2.74. The Bertz CT molecular complexity index is 374. The van der Waals surface area contributed by atoms with Crippen molar-refractivity contribution in [1.29, 1.82) is 0 Å². The number of amides is 1. The minimum absolute atomic E-state index is 0.104. The quantitative estimate of drug-likeness (QED) is 0.692. The first-order valence-corrected chi connectivity index (χ1v) is 6.50. The molecule has 0 aliphatic carbocycles. The van der Waals surface area contributed by atoms with Gasteiger partial charge in [0.05, 0.1) is 12.3 Å². The van der Waals surface area contributed by atoms with Gasteiger partial charge in [-0.3, -0.25) is 4.79 Å². The molecule has 5 heteroatoms. The van der Waals surface area contributed by atoms with E-state index in [1.165, 1.54) is 0 Å². The zero-order chi connectivity index (χ0) is 13.4. The van der Waals surface area contributed by atoms with Crippen molar-refractivity contribution in [3.63, 3.8) is 0 Å². The molecule has 18 heavy (non-hydrogen) atoms. The first-order valence-electron chi connectivity index (χ1n) is 6.50. The van der Waals surface area contributed by atoms with Crippen LogP contribution in [0.15, 0.2) is 12.3 Å². The zero-order valence-electron chi connectivity index (χ0n) is 11.2. The first-order chi connectivity index (χ1) is 8.69. The van der Waals surface area contributed by atoms with E-state index in [2.05, 4.69) is 12.2 Å². The normalized spacial score (nSPS) is 10.6. The summed E-state index contributed by atoms with van der Waals surface area (Å²) >= 11 is 0. The number of aryl methyl sites for hydroxylation is 1. The summed E-state index contributed by atoms with van der Waals surface area (Å²) < 4.78 is 7.21. The Morgan fingerprint density at radius 3 is 2.89 bits per heavy atom. The molecule has 1 amide bonds. The van der Waals surface area contributed by atoms with E-state index in [0.717, 1.165) is 26.0 Å². The lowest BCUT2D eigenvalue weighted by Crippen LogP contribution is -2.29. The van der Waals surface area contributed by atoms with Crippen molar-refractivity contribution in [2.24, 2.45) is 0 Å². The molecule has 0 saturated carbocycles. The van der Waals surface area contributed by atoms with Gasteiger partial charge in [0.15, 0.2) is 0 Å². The summed E-state index contributed by atoms with van der Waals surface area (Å²) in [7, 11) is 0. The smallest absolute Gasteiger partial charge is 0.268 e. The molecule has 0 unspecified atom stereocenters. The van der Waals surface area contributed by atoms with Crippen molar-refractivity contribution < 1.29 is 9.53 Å². The Balaban J connectivity index is 2.32. The van der Waals surface area contributed by atoms with E-state index in [1.54, 1.807) is 12.3 Å². The number of anilines is 1. The fourth-order valence-corrected chi connectivity index (χ4v) is 1.66. The van der Waals surface area contributed by atoms with Gasteiger partial charge in [0, 0.05) is 25.9 Å². The summed E-state index contributed by atoms with van der Waals surface area (Å²) in [6.45, 7) is 6.65. The minimum atomic E-state index is -0.104. The number of aromatic nitrogens is 1. The van der Waals surface area contributed by atoms with Crippen LogP contribution in [0.25, 0.3) is 0 Å². The molecule has 0 aliphatic rings. The maximum absolute atomic E-state index is 11.9. The van der Waals surface area contributed by atoms with Crippen LogP contribution >= 0.6 is 0 Å². The lowest BCUT2D eigenvalue weighted by Gasteiger charge is -2.08. The van der Waals surface area contributed by atoms with Crippen molar-refractivity contribution in [1.82, 2.24) is 9.88 Å². The van der Waals surface area contributed by atoms with Crippen LogP contribution in [-0.4, -0.2) is 30.2 Å². The highest BCUT2D eigenvalue weighted by atomic mass is 16.5. The molecular weight excluding hydrogens is 230 g/mol. The molecule has 1 heterocycles. The number of nitrogens with zero attached hydrogens (tertiary/aromatic N) is 1. The van der Waals surface area contributed by atoms with Crippen molar-refractivity contribution in [2.75, 3.05) is 25.5 Å². The van der Waals surface area contributed by atoms with Gasteiger partial charge in [-0.15, -0.1) is 0 Å². The summed E-state index contributed by atoms with van der Waals surface area (Å²) in [5.74, 6) is -0.104. The molecule has 0 saturated heterocycles. The van der Waals surface area contributed by atoms with Gasteiger partial charge in [0.25, 0.3) is 5.91 Å². The molecule has 5 nitrogen and oxygen atoms in total. The van der Waals surface area contributed by atoms with Gasteiger partial charge in [0.1, 0.15) is 5.69 Å². The van der Waals surface area contributed by atoms with Gasteiger partial charge in [-0.2, -0.15) is 0 Å². The third-order valence-corrected chi connectivity index (χ3v) is 2.67. The number of unbranched alkanes of at least 4 members (excludes halogenated alkanes) is 1. The predicted octanol–water partition coefficient (Wildman–Crippen LogP) is 1.64. The second kappa shape index (κ2) is 7.76. The van der Waals surface area contributed by atoms with E-state index in [1.807, 2.05) is 11.5 Å². The number of carbonyl (C=O) groups is 1. The topological polar surface area (TPSA) is 69.3 Å². The highest BCUT2D eigenvalue weighted by Gasteiger charge is 2.11. The molecule has 0 atom stereocenters. The van der Waals surface area contributed by atoms with E-state index >= 15 is 0 Å². The van der Waals surface area contributed by atoms with Crippen molar-refractivity contribution >= 4 is 11.6 Å². The summed E-state index contributed by atoms with van der Waals surface area (Å²) in [4.78, 5) is 11.9. The van der Waals surface area contributed by atoms with E-state index in [0.29, 0.717) is 24.5 Å². The van der Waals surface area contributed by atoms with Gasteiger partial charge in [0.2, 0.25) is 0 Å². The fourth-order valence-electron chi connectivity index (χ4n) is 1.66. The second-order valence-corrected chi connectivity index (χ2v) is 4.17. The Labute approximate surface area is 108 Å². The predicted molar refractivity (Wildman–Crippen MR) is 72.6 cm³/mol. The Hall–Kier alpha value is -1.49. The standard InChI is InChI=1S/C13H23N3O2/c1-3-5-7-18-8-6-15-13(17)12-9-11(14)10-16(12)4-2/h9-10H,3-8,14H2,1-2H3,(H,15,17).